The van der Waals surface area contributed by atoms with Crippen molar-refractivity contribution in [3.8, 4) is 0 Å². The van der Waals surface area contributed by atoms with Crippen LogP contribution in [0.5, 0.6) is 0 Å². The number of thiol groups is 1. The van der Waals surface area contributed by atoms with E-state index in [-0.39, 0.29) is 0 Å². The van der Waals surface area contributed by atoms with Gasteiger partial charge in [0.05, 0.1) is 6.61 Å². The molecule has 0 spiro atoms. The minimum absolute atomic E-state index is 0.685. The molecule has 0 saturated carbocycles. The molecule has 0 aromatic carbocycles. The Bertz CT molecular complexity index is 196. The maximum Gasteiger partial charge on any atom is 0.129 e. The second kappa shape index (κ2) is 9.28. The summed E-state index contributed by atoms with van der Waals surface area (Å²) in [6, 6.07) is 1.82. The fourth-order valence-electron chi connectivity index (χ4n) is 0.676. The first-order chi connectivity index (χ1) is 6.43. The molecule has 0 bridgehead atoms. The number of anilines is 1. The lowest BCUT2D eigenvalue weighted by Crippen LogP contribution is -2.08. The second-order valence-electron chi connectivity index (χ2n) is 2.01. The van der Waals surface area contributed by atoms with Crippen LogP contribution < -0.4 is 5.32 Å². The Morgan fingerprint density at radius 2 is 2.31 bits per heavy atom. The zero-order chi connectivity index (χ0) is 9.94. The van der Waals surface area contributed by atoms with E-state index in [0.717, 1.165) is 12.4 Å². The Balaban J connectivity index is 0.000000671. The lowest BCUT2D eigenvalue weighted by atomic mass is 10.5. The first-order valence-corrected chi connectivity index (χ1v) is 4.76. The molecule has 0 radical (unpaired) electrons. The summed E-state index contributed by atoms with van der Waals surface area (Å²) in [5.74, 6) is 0.831. The zero-order valence-electron chi connectivity index (χ0n) is 7.90. The van der Waals surface area contributed by atoms with Crippen LogP contribution in [0, 0.1) is 0 Å². The van der Waals surface area contributed by atoms with Crippen molar-refractivity contribution < 1.29 is 4.74 Å². The van der Waals surface area contributed by atoms with E-state index in [1.165, 1.54) is 6.33 Å². The van der Waals surface area contributed by atoms with Crippen LogP contribution in [0.25, 0.3) is 0 Å². The van der Waals surface area contributed by atoms with Gasteiger partial charge in [0.2, 0.25) is 0 Å². The highest BCUT2D eigenvalue weighted by atomic mass is 32.1. The average molecular weight is 201 g/mol. The molecule has 74 valence electrons. The van der Waals surface area contributed by atoms with Crippen molar-refractivity contribution in [1.29, 1.82) is 0 Å². The van der Waals surface area contributed by atoms with E-state index in [2.05, 4.69) is 27.9 Å². The number of ether oxygens (including phenoxy) is 1. The molecule has 0 fully saturated rings. The predicted molar refractivity (Wildman–Crippen MR) is 57.3 cm³/mol. The Kier molecular flexibility index (Phi) is 8.70. The molecule has 1 aromatic heterocycles. The summed E-state index contributed by atoms with van der Waals surface area (Å²) in [4.78, 5) is 7.76. The Morgan fingerprint density at radius 3 is 2.85 bits per heavy atom. The second-order valence-corrected chi connectivity index (χ2v) is 2.01. The number of hydrogen-bond acceptors (Lipinski definition) is 5. The fraction of sp³-hybridized carbons (Fsp3) is 0.500. The molecule has 0 atom stereocenters. The average Bonchev–Trinajstić information content (AvgIpc) is 2.23. The van der Waals surface area contributed by atoms with Gasteiger partial charge in [0, 0.05) is 19.9 Å². The Labute approximate surface area is 84.2 Å². The maximum atomic E-state index is 4.86. The molecule has 1 aromatic rings. The van der Waals surface area contributed by atoms with E-state index in [0.29, 0.717) is 6.61 Å². The molecule has 0 aliphatic heterocycles. The van der Waals surface area contributed by atoms with Gasteiger partial charge in [-0.25, -0.2) is 9.97 Å². The van der Waals surface area contributed by atoms with E-state index < -0.39 is 0 Å². The van der Waals surface area contributed by atoms with Crippen LogP contribution in [0.15, 0.2) is 18.6 Å². The van der Waals surface area contributed by atoms with Crippen LogP contribution >= 0.6 is 12.6 Å². The predicted octanol–water partition coefficient (Wildman–Crippen LogP) is 1.08. The lowest BCUT2D eigenvalue weighted by Gasteiger charge is -2.02. The minimum atomic E-state index is 0.685. The normalized spacial score (nSPS) is 8.54. The third kappa shape index (κ3) is 6.36. The van der Waals surface area contributed by atoms with Gasteiger partial charge in [0.15, 0.2) is 0 Å². The molecular weight excluding hydrogens is 186 g/mol. The highest BCUT2D eigenvalue weighted by Gasteiger charge is 1.88. The third-order valence-corrected chi connectivity index (χ3v) is 1.19. The fourth-order valence-corrected chi connectivity index (χ4v) is 0.676. The number of aromatic nitrogens is 2. The highest BCUT2D eigenvalue weighted by Crippen LogP contribution is 1.95. The first kappa shape index (κ1) is 12.2. The van der Waals surface area contributed by atoms with Gasteiger partial charge < -0.3 is 10.1 Å². The zero-order valence-corrected chi connectivity index (χ0v) is 8.79. The molecule has 0 aliphatic carbocycles. The van der Waals surface area contributed by atoms with Crippen LogP contribution in [0.2, 0.25) is 0 Å². The van der Waals surface area contributed by atoms with Crippen molar-refractivity contribution in [3.63, 3.8) is 0 Å². The van der Waals surface area contributed by atoms with E-state index in [4.69, 9.17) is 4.74 Å². The van der Waals surface area contributed by atoms with Crippen LogP contribution in [0.1, 0.15) is 0 Å². The van der Waals surface area contributed by atoms with Crippen LogP contribution in [-0.2, 0) is 4.74 Å². The molecule has 0 saturated heterocycles. The van der Waals surface area contributed by atoms with Gasteiger partial charge in [0.25, 0.3) is 0 Å². The molecule has 1 N–H and O–H groups in total. The lowest BCUT2D eigenvalue weighted by molar-refractivity contribution is 0.210. The molecular formula is C8H15N3OS. The summed E-state index contributed by atoms with van der Waals surface area (Å²) in [5, 5.41) is 3.07. The standard InChI is InChI=1S/C7H11N3O.CH4S/c1-11-5-4-9-7-2-3-8-6-10-7;1-2/h2-3,6H,4-5H2,1H3,(H,8,9,10);2H,1H3. The van der Waals surface area contributed by atoms with Crippen LogP contribution in [-0.4, -0.2) is 36.5 Å². The maximum absolute atomic E-state index is 4.86. The number of rotatable bonds is 4. The molecule has 1 heterocycles. The summed E-state index contributed by atoms with van der Waals surface area (Å²) < 4.78 is 4.86. The number of nitrogens with one attached hydrogen (secondary N) is 1. The van der Waals surface area contributed by atoms with E-state index in [1.807, 2.05) is 6.07 Å². The van der Waals surface area contributed by atoms with Crippen molar-refractivity contribution in [1.82, 2.24) is 9.97 Å². The van der Waals surface area contributed by atoms with Gasteiger partial charge in [0.1, 0.15) is 12.1 Å². The van der Waals surface area contributed by atoms with E-state index >= 15 is 0 Å². The molecule has 13 heavy (non-hydrogen) atoms. The largest absolute Gasteiger partial charge is 0.383 e. The van der Waals surface area contributed by atoms with Gasteiger partial charge in [-0.1, -0.05) is 0 Å². The minimum Gasteiger partial charge on any atom is -0.383 e. The van der Waals surface area contributed by atoms with Gasteiger partial charge in [-0.15, -0.1) is 0 Å². The number of methoxy groups -OCH3 is 1. The summed E-state index contributed by atoms with van der Waals surface area (Å²) in [7, 11) is 1.67. The summed E-state index contributed by atoms with van der Waals surface area (Å²) in [5.41, 5.74) is 0. The quantitative estimate of drug-likeness (QED) is 0.565. The van der Waals surface area contributed by atoms with Crippen molar-refractivity contribution in [2.45, 2.75) is 0 Å². The van der Waals surface area contributed by atoms with E-state index in [1.54, 1.807) is 19.6 Å². The summed E-state index contributed by atoms with van der Waals surface area (Å²) in [6.07, 6.45) is 4.90. The number of hydrogen-bond donors (Lipinski definition) is 2. The van der Waals surface area contributed by atoms with Crippen LogP contribution in [0.4, 0.5) is 5.82 Å². The van der Waals surface area contributed by atoms with Crippen molar-refractivity contribution in [2.24, 2.45) is 0 Å². The highest BCUT2D eigenvalue weighted by molar-refractivity contribution is 7.79. The molecule has 0 aliphatic rings. The van der Waals surface area contributed by atoms with Gasteiger partial charge in [-0.3, -0.25) is 0 Å². The smallest absolute Gasteiger partial charge is 0.129 e. The van der Waals surface area contributed by atoms with Crippen molar-refractivity contribution >= 4 is 18.4 Å². The molecule has 5 heteroatoms. The van der Waals surface area contributed by atoms with Crippen LogP contribution in [0.3, 0.4) is 0 Å². The van der Waals surface area contributed by atoms with Crippen molar-refractivity contribution in [2.75, 3.05) is 31.8 Å². The summed E-state index contributed by atoms with van der Waals surface area (Å²) >= 11 is 3.53. The molecule has 0 amide bonds. The SMILES string of the molecule is COCCNc1ccncn1.CS. The Morgan fingerprint density at radius 1 is 1.54 bits per heavy atom. The Hall–Kier alpha value is -0.810. The first-order valence-electron chi connectivity index (χ1n) is 3.87. The van der Waals surface area contributed by atoms with Gasteiger partial charge in [-0.05, 0) is 12.3 Å². The third-order valence-electron chi connectivity index (χ3n) is 1.19. The molecule has 1 rings (SSSR count). The molecule has 4 nitrogen and oxygen atoms in total. The molecule has 0 unspecified atom stereocenters. The van der Waals surface area contributed by atoms with Gasteiger partial charge in [-0.2, -0.15) is 12.6 Å². The number of nitrogens with zero attached hydrogens (tertiary/aromatic N) is 2. The van der Waals surface area contributed by atoms with E-state index in [9.17, 15) is 0 Å². The van der Waals surface area contributed by atoms with Gasteiger partial charge >= 0.3 is 0 Å². The monoisotopic (exact) mass is 201 g/mol. The van der Waals surface area contributed by atoms with Crippen molar-refractivity contribution in [3.05, 3.63) is 18.6 Å². The topological polar surface area (TPSA) is 47.0 Å². The summed E-state index contributed by atoms with van der Waals surface area (Å²) in [6.45, 7) is 1.46.